The molecule has 1 aliphatic rings. The quantitative estimate of drug-likeness (QED) is 0.791. The van der Waals surface area contributed by atoms with Crippen LogP contribution in [0.3, 0.4) is 0 Å². The van der Waals surface area contributed by atoms with Gasteiger partial charge in [0.1, 0.15) is 11.6 Å². The maximum Gasteiger partial charge on any atom is 0.140 e. The van der Waals surface area contributed by atoms with Crippen molar-refractivity contribution in [3.8, 4) is 0 Å². The zero-order chi connectivity index (χ0) is 12.6. The van der Waals surface area contributed by atoms with Crippen molar-refractivity contribution >= 4 is 28.4 Å². The van der Waals surface area contributed by atoms with E-state index in [4.69, 9.17) is 10.7 Å². The molecule has 0 unspecified atom stereocenters. The predicted octanol–water partition coefficient (Wildman–Crippen LogP) is 3.62. The number of nitrogens with two attached hydrogens (primary N) is 1. The van der Waals surface area contributed by atoms with Crippen LogP contribution in [0.15, 0.2) is 0 Å². The van der Waals surface area contributed by atoms with Crippen molar-refractivity contribution in [1.82, 2.24) is 9.97 Å². The third-order valence-electron chi connectivity index (χ3n) is 3.32. The number of nitrogen functional groups attached to an aromatic ring is 1. The van der Waals surface area contributed by atoms with E-state index in [0.29, 0.717) is 11.7 Å². The number of rotatable bonds is 1. The molecule has 4 heteroatoms. The van der Waals surface area contributed by atoms with Crippen LogP contribution < -0.4 is 5.73 Å². The lowest BCUT2D eigenvalue weighted by atomic mass is 9.94. The van der Waals surface area contributed by atoms with Gasteiger partial charge in [0.25, 0.3) is 0 Å². The van der Waals surface area contributed by atoms with E-state index in [9.17, 15) is 0 Å². The number of aromatic nitrogens is 2. The van der Waals surface area contributed by atoms with Gasteiger partial charge in [0.05, 0.1) is 9.26 Å². The summed E-state index contributed by atoms with van der Waals surface area (Å²) in [5.41, 5.74) is 7.17. The number of anilines is 1. The second-order valence-electron chi connectivity index (χ2n) is 5.86. The molecule has 1 aliphatic carbocycles. The molecule has 0 saturated heterocycles. The van der Waals surface area contributed by atoms with Crippen molar-refractivity contribution in [3.05, 3.63) is 15.1 Å². The van der Waals surface area contributed by atoms with Crippen molar-refractivity contribution < 1.29 is 0 Å². The Balaban J connectivity index is 2.46. The molecule has 1 aromatic heterocycles. The summed E-state index contributed by atoms with van der Waals surface area (Å²) in [6, 6.07) is 0. The van der Waals surface area contributed by atoms with Gasteiger partial charge in [0, 0.05) is 11.3 Å². The molecule has 94 valence electrons. The second-order valence-corrected chi connectivity index (χ2v) is 6.94. The molecule has 0 aliphatic heterocycles. The average molecular weight is 345 g/mol. The maximum absolute atomic E-state index is 6.03. The zero-order valence-corrected chi connectivity index (χ0v) is 12.9. The lowest BCUT2D eigenvalue weighted by molar-refractivity contribution is 0.535. The van der Waals surface area contributed by atoms with Crippen LogP contribution in [0.2, 0.25) is 0 Å². The van der Waals surface area contributed by atoms with Crippen molar-refractivity contribution in [2.24, 2.45) is 0 Å². The minimum absolute atomic E-state index is 0.0359. The summed E-state index contributed by atoms with van der Waals surface area (Å²) in [6.07, 6.45) is 5.12. The molecule has 1 fully saturated rings. The summed E-state index contributed by atoms with van der Waals surface area (Å²) in [4.78, 5) is 9.22. The summed E-state index contributed by atoms with van der Waals surface area (Å²) < 4.78 is 1.06. The topological polar surface area (TPSA) is 51.8 Å². The van der Waals surface area contributed by atoms with E-state index in [1.54, 1.807) is 0 Å². The van der Waals surface area contributed by atoms with Gasteiger partial charge in [-0.2, -0.15) is 0 Å². The monoisotopic (exact) mass is 345 g/mol. The number of halogens is 1. The molecule has 0 amide bonds. The van der Waals surface area contributed by atoms with Gasteiger partial charge < -0.3 is 5.73 Å². The molecular formula is C13H20IN3. The molecule has 1 saturated carbocycles. The first-order valence-electron chi connectivity index (χ1n) is 6.23. The first-order valence-corrected chi connectivity index (χ1v) is 7.31. The Morgan fingerprint density at radius 3 is 2.29 bits per heavy atom. The molecule has 0 aromatic carbocycles. The highest BCUT2D eigenvalue weighted by Crippen LogP contribution is 2.37. The van der Waals surface area contributed by atoms with Gasteiger partial charge in [-0.15, -0.1) is 0 Å². The van der Waals surface area contributed by atoms with Gasteiger partial charge in [0.2, 0.25) is 0 Å². The van der Waals surface area contributed by atoms with E-state index in [0.717, 1.165) is 9.39 Å². The first-order chi connectivity index (χ1) is 7.89. The van der Waals surface area contributed by atoms with Crippen LogP contribution in [-0.4, -0.2) is 9.97 Å². The van der Waals surface area contributed by atoms with Gasteiger partial charge in [-0.25, -0.2) is 9.97 Å². The summed E-state index contributed by atoms with van der Waals surface area (Å²) in [5.74, 6) is 2.11. The molecule has 0 spiro atoms. The van der Waals surface area contributed by atoms with E-state index in [2.05, 4.69) is 48.3 Å². The third-order valence-corrected chi connectivity index (χ3v) is 4.42. The SMILES string of the molecule is CC(C)(C)c1nc(N)c(I)c(C2CCCC2)n1. The molecule has 0 bridgehead atoms. The Morgan fingerprint density at radius 1 is 1.18 bits per heavy atom. The fourth-order valence-electron chi connectivity index (χ4n) is 2.29. The predicted molar refractivity (Wildman–Crippen MR) is 79.1 cm³/mol. The van der Waals surface area contributed by atoms with Crippen molar-refractivity contribution in [1.29, 1.82) is 0 Å². The average Bonchev–Trinajstić information content (AvgIpc) is 2.73. The largest absolute Gasteiger partial charge is 0.383 e. The maximum atomic E-state index is 6.03. The van der Waals surface area contributed by atoms with Gasteiger partial charge in [0.15, 0.2) is 0 Å². The normalized spacial score (nSPS) is 17.6. The van der Waals surface area contributed by atoms with Crippen LogP contribution in [0.4, 0.5) is 5.82 Å². The van der Waals surface area contributed by atoms with Crippen LogP contribution >= 0.6 is 22.6 Å². The summed E-state index contributed by atoms with van der Waals surface area (Å²) in [7, 11) is 0. The van der Waals surface area contributed by atoms with Crippen molar-refractivity contribution in [3.63, 3.8) is 0 Å². The van der Waals surface area contributed by atoms with Crippen molar-refractivity contribution in [2.75, 3.05) is 5.73 Å². The Bertz CT molecular complexity index is 417. The Hall–Kier alpha value is -0.390. The standard InChI is InChI=1S/C13H20IN3/c1-13(2,3)12-16-10(8-6-4-5-7-8)9(14)11(15)17-12/h8H,4-7H2,1-3H3,(H2,15,16,17). The first kappa shape index (κ1) is 13.1. The molecule has 2 rings (SSSR count). The molecule has 0 radical (unpaired) electrons. The van der Waals surface area contributed by atoms with Crippen LogP contribution in [0, 0.1) is 3.57 Å². The molecule has 3 nitrogen and oxygen atoms in total. The van der Waals surface area contributed by atoms with Crippen molar-refractivity contribution in [2.45, 2.75) is 57.8 Å². The smallest absolute Gasteiger partial charge is 0.140 e. The third kappa shape index (κ3) is 2.72. The van der Waals surface area contributed by atoms with E-state index < -0.39 is 0 Å². The van der Waals surface area contributed by atoms with E-state index in [1.165, 1.54) is 31.4 Å². The Kier molecular flexibility index (Phi) is 3.61. The molecule has 0 atom stereocenters. The van der Waals surface area contributed by atoms with Gasteiger partial charge in [-0.05, 0) is 35.4 Å². The fourth-order valence-corrected chi connectivity index (χ4v) is 2.97. The molecule has 17 heavy (non-hydrogen) atoms. The van der Waals surface area contributed by atoms with Crippen LogP contribution in [0.1, 0.15) is 63.9 Å². The number of hydrogen-bond acceptors (Lipinski definition) is 3. The Morgan fingerprint density at radius 2 is 1.76 bits per heavy atom. The minimum atomic E-state index is -0.0359. The number of hydrogen-bond donors (Lipinski definition) is 1. The molecule has 1 aromatic rings. The van der Waals surface area contributed by atoms with E-state index in [-0.39, 0.29) is 5.41 Å². The molecular weight excluding hydrogens is 325 g/mol. The number of nitrogens with zero attached hydrogens (tertiary/aromatic N) is 2. The molecule has 1 heterocycles. The summed E-state index contributed by atoms with van der Waals surface area (Å²) in [5, 5.41) is 0. The van der Waals surface area contributed by atoms with Crippen LogP contribution in [-0.2, 0) is 5.41 Å². The minimum Gasteiger partial charge on any atom is -0.383 e. The zero-order valence-electron chi connectivity index (χ0n) is 10.8. The fraction of sp³-hybridized carbons (Fsp3) is 0.692. The lowest BCUT2D eigenvalue weighted by Crippen LogP contribution is -2.20. The highest BCUT2D eigenvalue weighted by Gasteiger charge is 2.26. The van der Waals surface area contributed by atoms with E-state index >= 15 is 0 Å². The van der Waals surface area contributed by atoms with Gasteiger partial charge >= 0.3 is 0 Å². The highest BCUT2D eigenvalue weighted by atomic mass is 127. The summed E-state index contributed by atoms with van der Waals surface area (Å²) in [6.45, 7) is 6.40. The lowest BCUT2D eigenvalue weighted by Gasteiger charge is -2.20. The summed E-state index contributed by atoms with van der Waals surface area (Å²) >= 11 is 2.29. The van der Waals surface area contributed by atoms with Gasteiger partial charge in [-0.1, -0.05) is 33.6 Å². The van der Waals surface area contributed by atoms with E-state index in [1.807, 2.05) is 0 Å². The Labute approximate surface area is 117 Å². The van der Waals surface area contributed by atoms with Gasteiger partial charge in [-0.3, -0.25) is 0 Å². The highest BCUT2D eigenvalue weighted by molar-refractivity contribution is 14.1. The second kappa shape index (κ2) is 4.71. The van der Waals surface area contributed by atoms with Crippen LogP contribution in [0.5, 0.6) is 0 Å². The molecule has 2 N–H and O–H groups in total. The van der Waals surface area contributed by atoms with Crippen LogP contribution in [0.25, 0.3) is 0 Å².